The number of aryl methyl sites for hydroxylation is 1. The van der Waals surface area contributed by atoms with E-state index in [1.807, 2.05) is 0 Å². The van der Waals surface area contributed by atoms with Crippen LogP contribution in [-0.2, 0) is 17.8 Å². The van der Waals surface area contributed by atoms with E-state index in [1.165, 1.54) is 16.7 Å². The predicted octanol–water partition coefficient (Wildman–Crippen LogP) is 2.48. The highest BCUT2D eigenvalue weighted by molar-refractivity contribution is 5.95. The highest BCUT2D eigenvalue weighted by Gasteiger charge is 2.26. The average molecular weight is 353 g/mol. The third kappa shape index (κ3) is 2.65. The number of aromatic nitrogens is 1. The number of amides is 1. The summed E-state index contributed by atoms with van der Waals surface area (Å²) in [5, 5.41) is 11.0. The second-order valence-corrected chi connectivity index (χ2v) is 6.10. The Kier molecular flexibility index (Phi) is 3.80. The second-order valence-electron chi connectivity index (χ2n) is 6.10. The number of benzene rings is 2. The number of anilines is 1. The standard InChI is InChI=1S/C18H15N3O5/c22-17(8-10-20-14-3-1-2-4-16(14)26-18(20)23)19-9-7-12-5-6-13(21(24)25)11-15(12)19/h1-6,11H,7-10H2. The first kappa shape index (κ1) is 16.1. The molecule has 2 heterocycles. The summed E-state index contributed by atoms with van der Waals surface area (Å²) in [6, 6.07) is 11.6. The largest absolute Gasteiger partial charge is 0.419 e. The number of nitrogens with zero attached hydrogens (tertiary/aromatic N) is 3. The van der Waals surface area contributed by atoms with Crippen LogP contribution in [0.25, 0.3) is 11.1 Å². The van der Waals surface area contributed by atoms with Crippen molar-refractivity contribution in [2.45, 2.75) is 19.4 Å². The fraction of sp³-hybridized carbons (Fsp3) is 0.222. The van der Waals surface area contributed by atoms with Crippen LogP contribution in [0.15, 0.2) is 51.7 Å². The molecule has 0 bridgehead atoms. The smallest absolute Gasteiger partial charge is 0.408 e. The van der Waals surface area contributed by atoms with Crippen molar-refractivity contribution in [3.63, 3.8) is 0 Å². The molecule has 1 aromatic heterocycles. The molecule has 8 nitrogen and oxygen atoms in total. The minimum absolute atomic E-state index is 0.0412. The van der Waals surface area contributed by atoms with E-state index in [9.17, 15) is 19.7 Å². The van der Waals surface area contributed by atoms with Gasteiger partial charge in [0, 0.05) is 31.6 Å². The Morgan fingerprint density at radius 3 is 2.85 bits per heavy atom. The zero-order chi connectivity index (χ0) is 18.3. The van der Waals surface area contributed by atoms with E-state index in [1.54, 1.807) is 35.2 Å². The molecule has 0 spiro atoms. The summed E-state index contributed by atoms with van der Waals surface area (Å²) in [5.41, 5.74) is 2.57. The van der Waals surface area contributed by atoms with Crippen molar-refractivity contribution >= 4 is 28.4 Å². The maximum Gasteiger partial charge on any atom is 0.419 e. The molecule has 1 aliphatic heterocycles. The monoisotopic (exact) mass is 353 g/mol. The van der Waals surface area contributed by atoms with Gasteiger partial charge < -0.3 is 9.32 Å². The van der Waals surface area contributed by atoms with Crippen molar-refractivity contribution in [3.05, 3.63) is 68.7 Å². The average Bonchev–Trinajstić information content (AvgIpc) is 3.19. The van der Waals surface area contributed by atoms with Crippen LogP contribution in [-0.4, -0.2) is 21.9 Å². The van der Waals surface area contributed by atoms with Crippen LogP contribution in [0, 0.1) is 10.1 Å². The zero-order valence-electron chi connectivity index (χ0n) is 13.8. The van der Waals surface area contributed by atoms with Gasteiger partial charge in [0.25, 0.3) is 5.69 Å². The van der Waals surface area contributed by atoms with Crippen LogP contribution >= 0.6 is 0 Å². The van der Waals surface area contributed by atoms with Gasteiger partial charge in [-0.3, -0.25) is 19.5 Å². The topological polar surface area (TPSA) is 98.6 Å². The van der Waals surface area contributed by atoms with Gasteiger partial charge in [0.05, 0.1) is 16.1 Å². The van der Waals surface area contributed by atoms with Crippen LogP contribution in [0.5, 0.6) is 0 Å². The summed E-state index contributed by atoms with van der Waals surface area (Å²) < 4.78 is 6.59. The normalized spacial score (nSPS) is 13.2. The fourth-order valence-corrected chi connectivity index (χ4v) is 3.31. The summed E-state index contributed by atoms with van der Waals surface area (Å²) in [7, 11) is 0. The quantitative estimate of drug-likeness (QED) is 0.530. The lowest BCUT2D eigenvalue weighted by atomic mass is 10.1. The molecular weight excluding hydrogens is 338 g/mol. The molecule has 0 saturated heterocycles. The Morgan fingerprint density at radius 2 is 2.04 bits per heavy atom. The zero-order valence-corrected chi connectivity index (χ0v) is 13.8. The number of rotatable bonds is 4. The van der Waals surface area contributed by atoms with E-state index in [4.69, 9.17) is 4.42 Å². The molecule has 0 saturated carbocycles. The number of nitro groups is 1. The van der Waals surface area contributed by atoms with E-state index in [0.717, 1.165) is 5.56 Å². The van der Waals surface area contributed by atoms with Gasteiger partial charge in [-0.1, -0.05) is 18.2 Å². The molecule has 132 valence electrons. The summed E-state index contributed by atoms with van der Waals surface area (Å²) in [6.45, 7) is 0.672. The van der Waals surface area contributed by atoms with Gasteiger partial charge in [0.1, 0.15) is 0 Å². The highest BCUT2D eigenvalue weighted by Crippen LogP contribution is 2.32. The lowest BCUT2D eigenvalue weighted by Gasteiger charge is -2.17. The van der Waals surface area contributed by atoms with E-state index in [0.29, 0.717) is 29.8 Å². The SMILES string of the molecule is O=C(CCn1c(=O)oc2ccccc21)N1CCc2ccc([N+](=O)[O-])cc21. The lowest BCUT2D eigenvalue weighted by Crippen LogP contribution is -2.30. The number of carbonyl (C=O) groups excluding carboxylic acids is 1. The van der Waals surface area contributed by atoms with Crippen LogP contribution in [0.3, 0.4) is 0 Å². The molecule has 0 radical (unpaired) electrons. The lowest BCUT2D eigenvalue weighted by molar-refractivity contribution is -0.384. The minimum Gasteiger partial charge on any atom is -0.408 e. The number of carbonyl (C=O) groups is 1. The maximum atomic E-state index is 12.6. The molecule has 0 N–H and O–H groups in total. The van der Waals surface area contributed by atoms with E-state index >= 15 is 0 Å². The van der Waals surface area contributed by atoms with Crippen molar-refractivity contribution in [3.8, 4) is 0 Å². The van der Waals surface area contributed by atoms with Crippen LogP contribution < -0.4 is 10.7 Å². The number of para-hydroxylation sites is 2. The molecule has 3 aromatic rings. The van der Waals surface area contributed by atoms with Crippen molar-refractivity contribution in [2.24, 2.45) is 0 Å². The first-order valence-electron chi connectivity index (χ1n) is 8.20. The molecule has 0 fully saturated rings. The Balaban J connectivity index is 1.55. The number of non-ortho nitro benzene ring substituents is 1. The molecule has 0 atom stereocenters. The summed E-state index contributed by atoms with van der Waals surface area (Å²) in [5.74, 6) is -0.683. The van der Waals surface area contributed by atoms with Gasteiger partial charge in [-0.05, 0) is 24.1 Å². The van der Waals surface area contributed by atoms with Gasteiger partial charge in [-0.15, -0.1) is 0 Å². The van der Waals surface area contributed by atoms with E-state index in [-0.39, 0.29) is 24.6 Å². The number of oxazole rings is 1. The second kappa shape index (κ2) is 6.14. The van der Waals surface area contributed by atoms with Crippen molar-refractivity contribution in [1.82, 2.24) is 4.57 Å². The molecule has 4 rings (SSSR count). The molecule has 8 heteroatoms. The van der Waals surface area contributed by atoms with E-state index in [2.05, 4.69) is 0 Å². The number of fused-ring (bicyclic) bond motifs is 2. The Bertz CT molecular complexity index is 1080. The third-order valence-electron chi connectivity index (χ3n) is 4.60. The molecule has 0 aliphatic carbocycles. The Labute approximate surface area is 147 Å². The van der Waals surface area contributed by atoms with Gasteiger partial charge in [-0.25, -0.2) is 4.79 Å². The van der Waals surface area contributed by atoms with Gasteiger partial charge in [0.15, 0.2) is 5.58 Å². The van der Waals surface area contributed by atoms with Gasteiger partial charge in [0.2, 0.25) is 5.91 Å². The van der Waals surface area contributed by atoms with Crippen LogP contribution in [0.1, 0.15) is 12.0 Å². The maximum absolute atomic E-state index is 12.6. The summed E-state index contributed by atoms with van der Waals surface area (Å²) >= 11 is 0. The molecule has 26 heavy (non-hydrogen) atoms. The van der Waals surface area contributed by atoms with Crippen molar-refractivity contribution < 1.29 is 14.1 Å². The summed E-state index contributed by atoms with van der Waals surface area (Å²) in [6.07, 6.45) is 0.763. The van der Waals surface area contributed by atoms with Gasteiger partial charge in [-0.2, -0.15) is 0 Å². The number of hydrogen-bond donors (Lipinski definition) is 0. The fourth-order valence-electron chi connectivity index (χ4n) is 3.31. The minimum atomic E-state index is -0.503. The van der Waals surface area contributed by atoms with Crippen LogP contribution in [0.2, 0.25) is 0 Å². The van der Waals surface area contributed by atoms with Crippen LogP contribution in [0.4, 0.5) is 11.4 Å². The van der Waals surface area contributed by atoms with Gasteiger partial charge >= 0.3 is 5.76 Å². The highest BCUT2D eigenvalue weighted by atomic mass is 16.6. The molecular formula is C18H15N3O5. The van der Waals surface area contributed by atoms with Crippen molar-refractivity contribution in [2.75, 3.05) is 11.4 Å². The molecule has 1 amide bonds. The third-order valence-corrected chi connectivity index (χ3v) is 4.60. The van der Waals surface area contributed by atoms with Crippen molar-refractivity contribution in [1.29, 1.82) is 0 Å². The Hall–Kier alpha value is -3.42. The first-order chi connectivity index (χ1) is 12.5. The number of hydrogen-bond acceptors (Lipinski definition) is 5. The van der Waals surface area contributed by atoms with E-state index < -0.39 is 10.7 Å². The predicted molar refractivity (Wildman–Crippen MR) is 94.2 cm³/mol. The number of nitro benzene ring substituents is 1. The molecule has 1 aliphatic rings. The summed E-state index contributed by atoms with van der Waals surface area (Å²) in [4.78, 5) is 36.7. The molecule has 2 aromatic carbocycles. The Morgan fingerprint density at radius 1 is 1.23 bits per heavy atom. The molecule has 0 unspecified atom stereocenters. The first-order valence-corrected chi connectivity index (χ1v) is 8.20.